The molecule has 2 N–H and O–H groups in total. The minimum Gasteiger partial charge on any atom is -0.392 e. The van der Waals surface area contributed by atoms with Gasteiger partial charge < -0.3 is 15.0 Å². The summed E-state index contributed by atoms with van der Waals surface area (Å²) in [5.74, 6) is 0. The van der Waals surface area contributed by atoms with Crippen molar-refractivity contribution in [2.75, 3.05) is 13.2 Å². The summed E-state index contributed by atoms with van der Waals surface area (Å²) in [6.07, 6.45) is 1.86. The highest BCUT2D eigenvalue weighted by Gasteiger charge is 1.53. The molecular formula is C5H10O3. The van der Waals surface area contributed by atoms with E-state index in [1.54, 1.807) is 0 Å². The maximum Gasteiger partial charge on any atom is 0.145 e. The Bertz CT molecular complexity index is 43.6. The lowest BCUT2D eigenvalue weighted by atomic mass is 10.7. The minimum absolute atomic E-state index is 0.0833. The number of carbonyl (C=O) groups is 1. The molecule has 0 bridgehead atoms. The zero-order chi connectivity index (χ0) is 6.83. The summed E-state index contributed by atoms with van der Waals surface area (Å²) in [5, 5.41) is 15.3. The second-order valence-corrected chi connectivity index (χ2v) is 0.820. The van der Waals surface area contributed by atoms with Crippen molar-refractivity contribution >= 4 is 6.29 Å². The fourth-order valence-electron chi connectivity index (χ4n) is 0. The van der Waals surface area contributed by atoms with Crippen LogP contribution in [-0.4, -0.2) is 29.7 Å². The number of carbonyl (C=O) groups excluding carboxylic acids is 1. The van der Waals surface area contributed by atoms with E-state index in [1.807, 2.05) is 0 Å². The van der Waals surface area contributed by atoms with Crippen molar-refractivity contribution in [2.45, 2.75) is 0 Å². The van der Waals surface area contributed by atoms with Gasteiger partial charge in [0.15, 0.2) is 0 Å². The fourth-order valence-corrected chi connectivity index (χ4v) is 0. The normalized spacial score (nSPS) is 6.25. The Labute approximate surface area is 48.3 Å². The Hall–Kier alpha value is -0.670. The predicted octanol–water partition coefficient (Wildman–Crippen LogP) is -0.658. The first-order valence-corrected chi connectivity index (χ1v) is 2.09. The van der Waals surface area contributed by atoms with Crippen LogP contribution in [0, 0.1) is 0 Å². The lowest BCUT2D eigenvalue weighted by Gasteiger charge is -1.60. The van der Waals surface area contributed by atoms with Gasteiger partial charge in [0.1, 0.15) is 6.29 Å². The van der Waals surface area contributed by atoms with Crippen molar-refractivity contribution in [3.8, 4) is 0 Å². The third-order valence-electron chi connectivity index (χ3n) is 0.204. The second-order valence-electron chi connectivity index (χ2n) is 0.820. The van der Waals surface area contributed by atoms with E-state index in [4.69, 9.17) is 15.0 Å². The van der Waals surface area contributed by atoms with Gasteiger partial charge in [-0.25, -0.2) is 0 Å². The fraction of sp³-hybridized carbons (Fsp3) is 0.400. The Morgan fingerprint density at radius 3 is 1.62 bits per heavy atom. The van der Waals surface area contributed by atoms with Crippen LogP contribution in [0.25, 0.3) is 0 Å². The van der Waals surface area contributed by atoms with Crippen LogP contribution in [0.2, 0.25) is 0 Å². The van der Waals surface area contributed by atoms with Crippen LogP contribution in [0.5, 0.6) is 0 Å². The van der Waals surface area contributed by atoms with E-state index >= 15 is 0 Å². The van der Waals surface area contributed by atoms with Gasteiger partial charge in [-0.3, -0.25) is 0 Å². The smallest absolute Gasteiger partial charge is 0.145 e. The quantitative estimate of drug-likeness (QED) is 0.374. The summed E-state index contributed by atoms with van der Waals surface area (Å²) in [6, 6.07) is 0. The molecule has 0 heterocycles. The molecule has 0 aromatic rings. The molecule has 0 aliphatic rings. The molecule has 0 fully saturated rings. The van der Waals surface area contributed by atoms with Crippen LogP contribution in [-0.2, 0) is 4.79 Å². The van der Waals surface area contributed by atoms with Crippen LogP contribution in [0.4, 0.5) is 0 Å². The first kappa shape index (κ1) is 10.3. The third kappa shape index (κ3) is 56.5. The van der Waals surface area contributed by atoms with Gasteiger partial charge in [0.2, 0.25) is 0 Å². The van der Waals surface area contributed by atoms with Crippen molar-refractivity contribution in [1.29, 1.82) is 0 Å². The van der Waals surface area contributed by atoms with E-state index in [2.05, 4.69) is 6.58 Å². The Morgan fingerprint density at radius 2 is 1.62 bits per heavy atom. The Kier molecular flexibility index (Phi) is 21.0. The molecular weight excluding hydrogens is 108 g/mol. The van der Waals surface area contributed by atoms with Gasteiger partial charge in [0.25, 0.3) is 0 Å². The molecule has 8 heavy (non-hydrogen) atoms. The number of aldehydes is 1. The molecule has 0 aromatic heterocycles. The van der Waals surface area contributed by atoms with Crippen LogP contribution in [0.3, 0.4) is 0 Å². The molecule has 3 nitrogen and oxygen atoms in total. The lowest BCUT2D eigenvalue weighted by Crippen LogP contribution is -1.75. The van der Waals surface area contributed by atoms with Crippen molar-refractivity contribution in [2.24, 2.45) is 0 Å². The molecule has 0 unspecified atom stereocenters. The third-order valence-corrected chi connectivity index (χ3v) is 0.204. The molecule has 0 spiro atoms. The largest absolute Gasteiger partial charge is 0.392 e. The predicted molar refractivity (Wildman–Crippen MR) is 30.4 cm³/mol. The summed E-state index contributed by atoms with van der Waals surface area (Å²) in [4.78, 5) is 8.92. The first-order chi connectivity index (χ1) is 3.83. The molecule has 0 aliphatic heterocycles. The molecule has 0 saturated heterocycles. The Morgan fingerprint density at radius 1 is 1.38 bits per heavy atom. The van der Waals surface area contributed by atoms with Gasteiger partial charge in [-0.1, -0.05) is 6.08 Å². The topological polar surface area (TPSA) is 57.5 Å². The van der Waals surface area contributed by atoms with E-state index in [9.17, 15) is 0 Å². The molecule has 0 amide bonds. The van der Waals surface area contributed by atoms with Gasteiger partial charge >= 0.3 is 0 Å². The summed E-state index contributed by atoms with van der Waals surface area (Å²) >= 11 is 0. The molecule has 0 aliphatic carbocycles. The van der Waals surface area contributed by atoms with E-state index in [-0.39, 0.29) is 13.2 Å². The maximum absolute atomic E-state index is 8.92. The highest BCUT2D eigenvalue weighted by atomic mass is 16.3. The van der Waals surface area contributed by atoms with Crippen molar-refractivity contribution in [3.63, 3.8) is 0 Å². The molecule has 0 saturated carbocycles. The maximum atomic E-state index is 8.92. The average molecular weight is 118 g/mol. The average Bonchev–Trinajstić information content (AvgIpc) is 1.88. The standard InChI is InChI=1S/C3H6O.C2H4O2/c1-2-3-4;3-1-2-4/h2,4H,1,3H2;1,4H,2H2. The van der Waals surface area contributed by atoms with Crippen molar-refractivity contribution in [1.82, 2.24) is 0 Å². The van der Waals surface area contributed by atoms with Gasteiger partial charge in [0, 0.05) is 0 Å². The number of hydrogen-bond acceptors (Lipinski definition) is 3. The number of aliphatic hydroxyl groups excluding tert-OH is 2. The summed E-state index contributed by atoms with van der Waals surface area (Å²) in [5.41, 5.74) is 0. The van der Waals surface area contributed by atoms with E-state index < -0.39 is 0 Å². The molecule has 48 valence electrons. The SMILES string of the molecule is C=CCO.O=CCO. The highest BCUT2D eigenvalue weighted by Crippen LogP contribution is 1.46. The van der Waals surface area contributed by atoms with Crippen molar-refractivity contribution < 1.29 is 15.0 Å². The molecule has 0 aromatic carbocycles. The zero-order valence-corrected chi connectivity index (χ0v) is 4.58. The van der Waals surface area contributed by atoms with Gasteiger partial charge in [-0.2, -0.15) is 0 Å². The van der Waals surface area contributed by atoms with E-state index in [1.165, 1.54) is 6.08 Å². The van der Waals surface area contributed by atoms with Gasteiger partial charge in [-0.15, -0.1) is 6.58 Å². The van der Waals surface area contributed by atoms with Crippen LogP contribution in [0.15, 0.2) is 12.7 Å². The zero-order valence-electron chi connectivity index (χ0n) is 4.58. The summed E-state index contributed by atoms with van der Waals surface area (Å²) in [6.45, 7) is 2.95. The number of aliphatic hydroxyl groups is 2. The summed E-state index contributed by atoms with van der Waals surface area (Å²) in [7, 11) is 0. The lowest BCUT2D eigenvalue weighted by molar-refractivity contribution is -0.110. The Balaban J connectivity index is 0. The van der Waals surface area contributed by atoms with Crippen LogP contribution >= 0.6 is 0 Å². The molecule has 0 radical (unpaired) electrons. The van der Waals surface area contributed by atoms with Crippen LogP contribution < -0.4 is 0 Å². The van der Waals surface area contributed by atoms with Crippen molar-refractivity contribution in [3.05, 3.63) is 12.7 Å². The van der Waals surface area contributed by atoms with Gasteiger partial charge in [-0.05, 0) is 0 Å². The van der Waals surface area contributed by atoms with Crippen LogP contribution in [0.1, 0.15) is 0 Å². The number of hydrogen-bond donors (Lipinski definition) is 2. The summed E-state index contributed by atoms with van der Waals surface area (Å²) < 4.78 is 0. The van der Waals surface area contributed by atoms with E-state index in [0.717, 1.165) is 0 Å². The minimum atomic E-state index is -0.361. The van der Waals surface area contributed by atoms with E-state index in [0.29, 0.717) is 6.29 Å². The molecule has 3 heteroatoms. The molecule has 0 atom stereocenters. The monoisotopic (exact) mass is 118 g/mol. The highest BCUT2D eigenvalue weighted by molar-refractivity contribution is 5.49. The number of rotatable bonds is 2. The van der Waals surface area contributed by atoms with Gasteiger partial charge in [0.05, 0.1) is 13.2 Å². The molecule has 0 rings (SSSR count). The second kappa shape index (κ2) is 16.2. The first-order valence-electron chi connectivity index (χ1n) is 2.09.